The smallest absolute Gasteiger partial charge is 0.308 e. The van der Waals surface area contributed by atoms with Crippen LogP contribution in [0, 0.1) is 11.3 Å². The van der Waals surface area contributed by atoms with Gasteiger partial charge in [-0.3, -0.25) is 9.59 Å². The Balaban J connectivity index is -0.000000523. The lowest BCUT2D eigenvalue weighted by molar-refractivity contribution is -0.146. The summed E-state index contributed by atoms with van der Waals surface area (Å²) in [5, 5.41) is 5.50. The van der Waals surface area contributed by atoms with Gasteiger partial charge in [-0.25, -0.2) is 0 Å². The number of ketones is 1. The predicted molar refractivity (Wildman–Crippen MR) is 118 cm³/mol. The number of rotatable bonds is 8. The number of benzene rings is 1. The standard InChI is InChI=1S/C14H19NO3.C4H11N.C3H8.CH3N/c1-10(2)14(17)12(15)8-13(16)18-9-11-6-4-3-5-7-11;1-2-3-4-5;1-3-2;1-2/h3-7,10,12H,8-9,15H2,1-2H3;2-5H2,1H3;3H2,1-2H3;2H,1H2. The van der Waals surface area contributed by atoms with E-state index in [1.54, 1.807) is 13.8 Å². The van der Waals surface area contributed by atoms with Crippen molar-refractivity contribution in [1.29, 1.82) is 5.41 Å². The highest BCUT2D eigenvalue weighted by Gasteiger charge is 2.20. The van der Waals surface area contributed by atoms with E-state index in [1.807, 2.05) is 30.3 Å². The van der Waals surface area contributed by atoms with Gasteiger partial charge in [-0.2, -0.15) is 0 Å². The van der Waals surface area contributed by atoms with E-state index in [1.165, 1.54) is 19.3 Å². The van der Waals surface area contributed by atoms with Gasteiger partial charge in [0.2, 0.25) is 0 Å². The number of hydrogen-bond acceptors (Lipinski definition) is 6. The summed E-state index contributed by atoms with van der Waals surface area (Å²) in [4.78, 5) is 23.0. The molecule has 0 spiro atoms. The maximum Gasteiger partial charge on any atom is 0.308 e. The van der Waals surface area contributed by atoms with Crippen LogP contribution in [0.25, 0.3) is 0 Å². The van der Waals surface area contributed by atoms with Crippen LogP contribution in [0.4, 0.5) is 0 Å². The van der Waals surface area contributed by atoms with Crippen molar-refractivity contribution >= 4 is 18.5 Å². The summed E-state index contributed by atoms with van der Waals surface area (Å²) in [5.74, 6) is -0.728. The number of Topliss-reactive ketones (excluding diaryl/α,β-unsaturated/α-hetero) is 1. The molecule has 0 amide bonds. The summed E-state index contributed by atoms with van der Waals surface area (Å²) < 4.78 is 5.06. The second-order valence-corrected chi connectivity index (χ2v) is 6.36. The van der Waals surface area contributed by atoms with Crippen LogP contribution < -0.4 is 11.5 Å². The molecule has 0 aliphatic rings. The van der Waals surface area contributed by atoms with Crippen LogP contribution in [0.5, 0.6) is 0 Å². The highest BCUT2D eigenvalue weighted by molar-refractivity contribution is 5.89. The van der Waals surface area contributed by atoms with Gasteiger partial charge in [0.05, 0.1) is 12.5 Å². The fraction of sp³-hybridized carbons (Fsp3) is 0.591. The Morgan fingerprint density at radius 2 is 1.61 bits per heavy atom. The molecule has 1 aromatic rings. The van der Waals surface area contributed by atoms with Crippen molar-refractivity contribution in [2.45, 2.75) is 73.0 Å². The van der Waals surface area contributed by atoms with Gasteiger partial charge in [0, 0.05) is 5.92 Å². The van der Waals surface area contributed by atoms with Crippen molar-refractivity contribution in [2.24, 2.45) is 17.4 Å². The Hall–Kier alpha value is -2.05. The van der Waals surface area contributed by atoms with Crippen LogP contribution in [-0.2, 0) is 20.9 Å². The lowest BCUT2D eigenvalue weighted by Crippen LogP contribution is -2.36. The zero-order valence-corrected chi connectivity index (χ0v) is 18.4. The fourth-order valence-corrected chi connectivity index (χ4v) is 1.71. The molecular weight excluding hydrogens is 354 g/mol. The normalized spacial score (nSPS) is 10.1. The molecule has 0 aliphatic carbocycles. The van der Waals surface area contributed by atoms with Crippen molar-refractivity contribution in [3.8, 4) is 0 Å². The van der Waals surface area contributed by atoms with Crippen molar-refractivity contribution in [3.63, 3.8) is 0 Å². The first kappa shape index (κ1) is 30.7. The topological polar surface area (TPSA) is 119 Å². The van der Waals surface area contributed by atoms with Gasteiger partial charge in [0.1, 0.15) is 6.61 Å². The van der Waals surface area contributed by atoms with Gasteiger partial charge < -0.3 is 21.6 Å². The number of nitrogens with one attached hydrogen (secondary N) is 1. The Morgan fingerprint density at radius 1 is 1.11 bits per heavy atom. The summed E-state index contributed by atoms with van der Waals surface area (Å²) >= 11 is 0. The first-order chi connectivity index (χ1) is 13.3. The Morgan fingerprint density at radius 3 is 1.96 bits per heavy atom. The zero-order valence-electron chi connectivity index (χ0n) is 18.4. The molecule has 0 aliphatic heterocycles. The fourth-order valence-electron chi connectivity index (χ4n) is 1.71. The molecule has 1 atom stereocenters. The van der Waals surface area contributed by atoms with Crippen LogP contribution in [-0.4, -0.2) is 31.1 Å². The number of unbranched alkanes of at least 4 members (excludes halogenated alkanes) is 1. The molecule has 0 aromatic heterocycles. The van der Waals surface area contributed by atoms with E-state index in [4.69, 9.17) is 21.6 Å². The van der Waals surface area contributed by atoms with Crippen LogP contribution >= 0.6 is 0 Å². The third-order valence-electron chi connectivity index (χ3n) is 3.12. The minimum Gasteiger partial charge on any atom is -0.461 e. The highest BCUT2D eigenvalue weighted by atomic mass is 16.5. The van der Waals surface area contributed by atoms with Crippen LogP contribution in [0.2, 0.25) is 0 Å². The Labute approximate surface area is 171 Å². The highest BCUT2D eigenvalue weighted by Crippen LogP contribution is 2.05. The quantitative estimate of drug-likeness (QED) is 0.452. The van der Waals surface area contributed by atoms with E-state index in [0.717, 1.165) is 12.1 Å². The van der Waals surface area contributed by atoms with E-state index >= 15 is 0 Å². The molecule has 0 bridgehead atoms. The minimum atomic E-state index is -0.770. The van der Waals surface area contributed by atoms with E-state index < -0.39 is 12.0 Å². The average Bonchev–Trinajstić information content (AvgIpc) is 2.69. The maximum absolute atomic E-state index is 11.5. The molecule has 1 aromatic carbocycles. The zero-order chi connectivity index (χ0) is 22.4. The van der Waals surface area contributed by atoms with Gasteiger partial charge in [-0.1, -0.05) is 77.8 Å². The average molecular weight is 396 g/mol. The van der Waals surface area contributed by atoms with E-state index in [-0.39, 0.29) is 24.7 Å². The van der Waals surface area contributed by atoms with Crippen molar-refractivity contribution in [3.05, 3.63) is 35.9 Å². The molecule has 1 unspecified atom stereocenters. The third-order valence-corrected chi connectivity index (χ3v) is 3.12. The minimum absolute atomic E-state index is 0.0656. The number of carbonyl (C=O) groups excluding carboxylic acids is 2. The molecule has 0 heterocycles. The van der Waals surface area contributed by atoms with Gasteiger partial charge in [-0.15, -0.1) is 0 Å². The third kappa shape index (κ3) is 20.3. The van der Waals surface area contributed by atoms with Crippen molar-refractivity contribution in [1.82, 2.24) is 0 Å². The second kappa shape index (κ2) is 23.0. The number of nitrogens with two attached hydrogens (primary N) is 2. The predicted octanol–water partition coefficient (Wildman–Crippen LogP) is 4.10. The van der Waals surface area contributed by atoms with Crippen molar-refractivity contribution < 1.29 is 14.3 Å². The Kier molecular flexibility index (Phi) is 25.2. The number of carbonyl (C=O) groups is 2. The molecular formula is C22H41N3O3. The lowest BCUT2D eigenvalue weighted by atomic mass is 10.0. The van der Waals surface area contributed by atoms with Gasteiger partial charge in [0.25, 0.3) is 0 Å². The monoisotopic (exact) mass is 395 g/mol. The molecule has 0 saturated carbocycles. The second-order valence-electron chi connectivity index (χ2n) is 6.36. The molecule has 6 nitrogen and oxygen atoms in total. The van der Waals surface area contributed by atoms with Gasteiger partial charge in [-0.05, 0) is 25.2 Å². The molecule has 0 saturated heterocycles. The summed E-state index contributed by atoms with van der Waals surface area (Å²) in [6.07, 6.45) is 3.57. The first-order valence-corrected chi connectivity index (χ1v) is 9.88. The molecule has 1 rings (SSSR count). The lowest BCUT2D eigenvalue weighted by Gasteiger charge is -2.12. The SMILES string of the molecule is C=N.CC(C)C(=O)C(N)CC(=O)OCc1ccccc1.CCC.CCCCN. The molecule has 5 N–H and O–H groups in total. The maximum atomic E-state index is 11.5. The Bertz CT molecular complexity index is 477. The van der Waals surface area contributed by atoms with Crippen molar-refractivity contribution in [2.75, 3.05) is 6.54 Å². The van der Waals surface area contributed by atoms with Gasteiger partial charge in [0.15, 0.2) is 5.78 Å². The van der Waals surface area contributed by atoms with Crippen LogP contribution in [0.15, 0.2) is 30.3 Å². The molecule has 162 valence electrons. The van der Waals surface area contributed by atoms with Crippen LogP contribution in [0.1, 0.15) is 65.9 Å². The molecule has 28 heavy (non-hydrogen) atoms. The summed E-state index contributed by atoms with van der Waals surface area (Å²) in [6.45, 7) is 13.5. The number of ether oxygens (including phenoxy) is 1. The molecule has 0 radical (unpaired) electrons. The van der Waals surface area contributed by atoms with Crippen LogP contribution in [0.3, 0.4) is 0 Å². The molecule has 6 heteroatoms. The van der Waals surface area contributed by atoms with Gasteiger partial charge >= 0.3 is 5.97 Å². The van der Waals surface area contributed by atoms with E-state index in [0.29, 0.717) is 0 Å². The van der Waals surface area contributed by atoms with E-state index in [2.05, 4.69) is 27.5 Å². The largest absolute Gasteiger partial charge is 0.461 e. The summed E-state index contributed by atoms with van der Waals surface area (Å²) in [6, 6.07) is 8.60. The molecule has 0 fully saturated rings. The number of hydrogen-bond donors (Lipinski definition) is 3. The summed E-state index contributed by atoms with van der Waals surface area (Å²) in [5.41, 5.74) is 11.7. The number of esters is 1. The van der Waals surface area contributed by atoms with E-state index in [9.17, 15) is 9.59 Å². The first-order valence-electron chi connectivity index (χ1n) is 9.88. The summed E-state index contributed by atoms with van der Waals surface area (Å²) in [7, 11) is 0.